The summed E-state index contributed by atoms with van der Waals surface area (Å²) in [6.45, 7) is 0. The third-order valence-electron chi connectivity index (χ3n) is 1.80. The molecule has 0 aliphatic rings. The van der Waals surface area contributed by atoms with Crippen LogP contribution in [-0.2, 0) is 0 Å². The summed E-state index contributed by atoms with van der Waals surface area (Å²) in [5.41, 5.74) is 2.37. The minimum atomic E-state index is 0. The van der Waals surface area contributed by atoms with Crippen LogP contribution >= 0.6 is 0 Å². The molecular formula is C9H13BN2O2. The van der Waals surface area contributed by atoms with E-state index in [1.54, 1.807) is 6.20 Å². The Hall–Kier alpha value is -1.59. The van der Waals surface area contributed by atoms with Crippen molar-refractivity contribution in [3.63, 3.8) is 0 Å². The SMILES string of the molecule is Bc1ccc(-n2cccn2)cc1.O.O. The third-order valence-corrected chi connectivity index (χ3v) is 1.80. The molecule has 2 aromatic rings. The summed E-state index contributed by atoms with van der Waals surface area (Å²) < 4.78 is 1.85. The first-order valence-electron chi connectivity index (χ1n) is 3.93. The van der Waals surface area contributed by atoms with Crippen molar-refractivity contribution in [2.24, 2.45) is 0 Å². The Balaban J connectivity index is 0.000000845. The summed E-state index contributed by atoms with van der Waals surface area (Å²) in [6, 6.07) is 10.2. The van der Waals surface area contributed by atoms with E-state index in [1.165, 1.54) is 5.46 Å². The second-order valence-corrected chi connectivity index (χ2v) is 2.79. The van der Waals surface area contributed by atoms with Gasteiger partial charge in [-0.15, -0.1) is 0 Å². The summed E-state index contributed by atoms with van der Waals surface area (Å²) in [7, 11) is 2.08. The molecule has 4 nitrogen and oxygen atoms in total. The van der Waals surface area contributed by atoms with Crippen molar-refractivity contribution in [3.05, 3.63) is 42.7 Å². The zero-order valence-electron chi connectivity index (χ0n) is 7.94. The van der Waals surface area contributed by atoms with Gasteiger partial charge < -0.3 is 11.0 Å². The van der Waals surface area contributed by atoms with Crippen molar-refractivity contribution in [1.82, 2.24) is 9.78 Å². The van der Waals surface area contributed by atoms with Gasteiger partial charge >= 0.3 is 0 Å². The van der Waals surface area contributed by atoms with E-state index >= 15 is 0 Å². The predicted octanol–water partition coefficient (Wildman–Crippen LogP) is -1.52. The Morgan fingerprint density at radius 1 is 1.07 bits per heavy atom. The summed E-state index contributed by atoms with van der Waals surface area (Å²) in [4.78, 5) is 0. The predicted molar refractivity (Wildman–Crippen MR) is 59.0 cm³/mol. The average molecular weight is 192 g/mol. The van der Waals surface area contributed by atoms with E-state index in [9.17, 15) is 0 Å². The van der Waals surface area contributed by atoms with Gasteiger partial charge in [-0.1, -0.05) is 17.6 Å². The lowest BCUT2D eigenvalue weighted by molar-refractivity contribution is 0.823. The van der Waals surface area contributed by atoms with Gasteiger partial charge in [0, 0.05) is 12.4 Å². The Morgan fingerprint density at radius 2 is 1.71 bits per heavy atom. The highest BCUT2D eigenvalue weighted by Gasteiger charge is 1.92. The second kappa shape index (κ2) is 5.21. The van der Waals surface area contributed by atoms with Gasteiger partial charge in [0.1, 0.15) is 7.85 Å². The van der Waals surface area contributed by atoms with Crippen LogP contribution in [0, 0.1) is 0 Å². The summed E-state index contributed by atoms with van der Waals surface area (Å²) in [5, 5.41) is 4.13. The summed E-state index contributed by atoms with van der Waals surface area (Å²) in [5.74, 6) is 0. The maximum Gasteiger partial charge on any atom is 0.139 e. The first kappa shape index (κ1) is 12.4. The molecule has 0 amide bonds. The molecule has 74 valence electrons. The molecular weight excluding hydrogens is 179 g/mol. The summed E-state index contributed by atoms with van der Waals surface area (Å²) >= 11 is 0. The fraction of sp³-hybridized carbons (Fsp3) is 0. The highest BCUT2D eigenvalue weighted by molar-refractivity contribution is 6.32. The molecule has 0 saturated heterocycles. The molecule has 14 heavy (non-hydrogen) atoms. The van der Waals surface area contributed by atoms with Crippen LogP contribution in [0.25, 0.3) is 5.69 Å². The number of benzene rings is 1. The molecule has 0 spiro atoms. The number of aromatic nitrogens is 2. The highest BCUT2D eigenvalue weighted by atomic mass is 16.0. The Kier molecular flexibility index (Phi) is 4.62. The minimum Gasteiger partial charge on any atom is -0.412 e. The van der Waals surface area contributed by atoms with Gasteiger partial charge in [0.15, 0.2) is 0 Å². The van der Waals surface area contributed by atoms with Crippen molar-refractivity contribution < 1.29 is 11.0 Å². The second-order valence-electron chi connectivity index (χ2n) is 2.79. The standard InChI is InChI=1S/C9H9BN2.2H2O/c10-8-2-4-9(5-3-8)12-7-1-6-11-12;;/h1-7H,10H2;2*1H2. The maximum atomic E-state index is 4.13. The first-order valence-corrected chi connectivity index (χ1v) is 3.93. The largest absolute Gasteiger partial charge is 0.412 e. The van der Waals surface area contributed by atoms with E-state index in [-0.39, 0.29) is 11.0 Å². The average Bonchev–Trinajstić information content (AvgIpc) is 2.58. The van der Waals surface area contributed by atoms with Crippen molar-refractivity contribution >= 4 is 13.3 Å². The van der Waals surface area contributed by atoms with Gasteiger partial charge in [-0.25, -0.2) is 4.68 Å². The van der Waals surface area contributed by atoms with Crippen LogP contribution in [0.3, 0.4) is 0 Å². The van der Waals surface area contributed by atoms with E-state index in [1.807, 2.05) is 16.9 Å². The van der Waals surface area contributed by atoms with Crippen LogP contribution in [-0.4, -0.2) is 28.6 Å². The minimum absolute atomic E-state index is 0. The lowest BCUT2D eigenvalue weighted by Gasteiger charge is -2.00. The number of nitrogens with zero attached hydrogens (tertiary/aromatic N) is 2. The van der Waals surface area contributed by atoms with E-state index < -0.39 is 0 Å². The maximum absolute atomic E-state index is 4.13. The molecule has 5 heteroatoms. The monoisotopic (exact) mass is 192 g/mol. The molecule has 1 aromatic heterocycles. The zero-order chi connectivity index (χ0) is 8.39. The normalized spacial score (nSPS) is 8.57. The third kappa shape index (κ3) is 2.45. The number of hydrogen-bond donors (Lipinski definition) is 0. The van der Waals surface area contributed by atoms with Gasteiger partial charge in [0.2, 0.25) is 0 Å². The van der Waals surface area contributed by atoms with Gasteiger partial charge in [-0.05, 0) is 18.2 Å². The fourth-order valence-corrected chi connectivity index (χ4v) is 1.12. The van der Waals surface area contributed by atoms with E-state index in [4.69, 9.17) is 0 Å². The van der Waals surface area contributed by atoms with Crippen molar-refractivity contribution in [1.29, 1.82) is 0 Å². The number of rotatable bonds is 1. The Morgan fingerprint density at radius 3 is 2.21 bits per heavy atom. The van der Waals surface area contributed by atoms with Crippen LogP contribution in [0.2, 0.25) is 0 Å². The molecule has 1 heterocycles. The highest BCUT2D eigenvalue weighted by Crippen LogP contribution is 2.02. The Bertz CT molecular complexity index is 359. The van der Waals surface area contributed by atoms with Crippen LogP contribution in [0.15, 0.2) is 42.7 Å². The molecule has 4 N–H and O–H groups in total. The van der Waals surface area contributed by atoms with Crippen molar-refractivity contribution in [3.8, 4) is 5.69 Å². The molecule has 0 atom stereocenters. The first-order chi connectivity index (χ1) is 5.86. The Labute approximate surface area is 83.2 Å². The quantitative estimate of drug-likeness (QED) is 0.505. The molecule has 0 saturated carbocycles. The van der Waals surface area contributed by atoms with Crippen molar-refractivity contribution in [2.45, 2.75) is 0 Å². The van der Waals surface area contributed by atoms with Crippen LogP contribution in [0.5, 0.6) is 0 Å². The number of hydrogen-bond acceptors (Lipinski definition) is 1. The van der Waals surface area contributed by atoms with Gasteiger partial charge in [-0.3, -0.25) is 0 Å². The van der Waals surface area contributed by atoms with E-state index in [0.29, 0.717) is 0 Å². The molecule has 0 fully saturated rings. The fourth-order valence-electron chi connectivity index (χ4n) is 1.12. The smallest absolute Gasteiger partial charge is 0.139 e. The molecule has 0 aliphatic carbocycles. The lowest BCUT2D eigenvalue weighted by Crippen LogP contribution is -2.02. The van der Waals surface area contributed by atoms with Gasteiger partial charge in [0.25, 0.3) is 0 Å². The molecule has 0 bridgehead atoms. The van der Waals surface area contributed by atoms with E-state index in [0.717, 1.165) is 5.69 Å². The topological polar surface area (TPSA) is 80.8 Å². The van der Waals surface area contributed by atoms with E-state index in [2.05, 4.69) is 37.2 Å². The molecule has 0 radical (unpaired) electrons. The molecule has 2 rings (SSSR count). The van der Waals surface area contributed by atoms with Crippen LogP contribution in [0.1, 0.15) is 0 Å². The molecule has 0 aliphatic heterocycles. The lowest BCUT2D eigenvalue weighted by atomic mass is 9.96. The van der Waals surface area contributed by atoms with Crippen LogP contribution < -0.4 is 5.46 Å². The van der Waals surface area contributed by atoms with Gasteiger partial charge in [0.05, 0.1) is 5.69 Å². The van der Waals surface area contributed by atoms with Crippen molar-refractivity contribution in [2.75, 3.05) is 0 Å². The molecule has 0 unspecified atom stereocenters. The summed E-state index contributed by atoms with van der Waals surface area (Å²) in [6.07, 6.45) is 3.71. The van der Waals surface area contributed by atoms with Gasteiger partial charge in [-0.2, -0.15) is 5.10 Å². The zero-order valence-corrected chi connectivity index (χ0v) is 7.94. The molecule has 1 aromatic carbocycles. The van der Waals surface area contributed by atoms with Crippen LogP contribution in [0.4, 0.5) is 0 Å².